The predicted octanol–water partition coefficient (Wildman–Crippen LogP) is -0.104. The van der Waals surface area contributed by atoms with Crippen LogP contribution in [0, 0.1) is 5.95 Å². The summed E-state index contributed by atoms with van der Waals surface area (Å²) in [7, 11) is 0. The van der Waals surface area contributed by atoms with Crippen LogP contribution in [0.2, 0.25) is 0 Å². The maximum absolute atomic E-state index is 13.6. The molecule has 1 unspecified atom stereocenters. The standard InChI is InChI=1S/C11H13FN4O2/c12-10-9(6(5-13)3-4-14-10)15-7-1-2-8(17)16-11(7)18/h3-4,7,15H,1-2,5,13H2,(H,16,17,18). The van der Waals surface area contributed by atoms with Crippen LogP contribution < -0.4 is 16.4 Å². The van der Waals surface area contributed by atoms with Gasteiger partial charge in [-0.2, -0.15) is 4.39 Å². The fourth-order valence-electron chi connectivity index (χ4n) is 1.80. The molecule has 0 aliphatic carbocycles. The van der Waals surface area contributed by atoms with Gasteiger partial charge in [-0.05, 0) is 18.1 Å². The van der Waals surface area contributed by atoms with Crippen LogP contribution in [-0.4, -0.2) is 22.8 Å². The quantitative estimate of drug-likeness (QED) is 0.515. The van der Waals surface area contributed by atoms with Crippen LogP contribution in [-0.2, 0) is 16.1 Å². The molecule has 0 saturated carbocycles. The van der Waals surface area contributed by atoms with E-state index in [4.69, 9.17) is 5.73 Å². The minimum atomic E-state index is -0.706. The van der Waals surface area contributed by atoms with Gasteiger partial charge < -0.3 is 11.1 Å². The lowest BCUT2D eigenvalue weighted by molar-refractivity contribution is -0.133. The van der Waals surface area contributed by atoms with Gasteiger partial charge in [-0.1, -0.05) is 0 Å². The van der Waals surface area contributed by atoms with Gasteiger partial charge in [0.15, 0.2) is 0 Å². The lowest BCUT2D eigenvalue weighted by Gasteiger charge is -2.23. The topological polar surface area (TPSA) is 97.1 Å². The number of anilines is 1. The largest absolute Gasteiger partial charge is 0.370 e. The van der Waals surface area contributed by atoms with Crippen LogP contribution in [0.3, 0.4) is 0 Å². The lowest BCUT2D eigenvalue weighted by Crippen LogP contribution is -2.47. The number of nitrogens with zero attached hydrogens (tertiary/aromatic N) is 1. The Morgan fingerprint density at radius 2 is 2.33 bits per heavy atom. The SMILES string of the molecule is NCc1ccnc(F)c1NC1CCC(=O)NC1=O. The van der Waals surface area contributed by atoms with Crippen molar-refractivity contribution in [3.63, 3.8) is 0 Å². The number of carbonyl (C=O) groups excluding carboxylic acids is 2. The van der Waals surface area contributed by atoms with Crippen molar-refractivity contribution in [3.8, 4) is 0 Å². The summed E-state index contributed by atoms with van der Waals surface area (Å²) in [6.07, 6.45) is 1.86. The summed E-state index contributed by atoms with van der Waals surface area (Å²) in [6, 6.07) is 0.934. The zero-order valence-electron chi connectivity index (χ0n) is 9.57. The van der Waals surface area contributed by atoms with Crippen molar-refractivity contribution >= 4 is 17.5 Å². The first-order valence-electron chi connectivity index (χ1n) is 5.55. The van der Waals surface area contributed by atoms with Crippen molar-refractivity contribution in [3.05, 3.63) is 23.8 Å². The highest BCUT2D eigenvalue weighted by Crippen LogP contribution is 2.20. The number of piperidine rings is 1. The Morgan fingerprint density at radius 1 is 1.56 bits per heavy atom. The molecule has 1 aromatic heterocycles. The molecule has 1 aromatic rings. The maximum atomic E-state index is 13.6. The molecule has 0 spiro atoms. The summed E-state index contributed by atoms with van der Waals surface area (Å²) in [5, 5.41) is 4.95. The highest BCUT2D eigenvalue weighted by molar-refractivity contribution is 6.01. The Hall–Kier alpha value is -2.02. The predicted molar refractivity (Wildman–Crippen MR) is 61.9 cm³/mol. The summed E-state index contributed by atoms with van der Waals surface area (Å²) in [6.45, 7) is 0.134. The average molecular weight is 252 g/mol. The number of imide groups is 1. The smallest absolute Gasteiger partial charge is 0.249 e. The van der Waals surface area contributed by atoms with E-state index in [-0.39, 0.29) is 24.6 Å². The Kier molecular flexibility index (Phi) is 3.52. The number of aromatic nitrogens is 1. The zero-order valence-corrected chi connectivity index (χ0v) is 9.57. The van der Waals surface area contributed by atoms with Crippen molar-refractivity contribution in [1.29, 1.82) is 0 Å². The molecule has 18 heavy (non-hydrogen) atoms. The molecular weight excluding hydrogens is 239 g/mol. The van der Waals surface area contributed by atoms with Crippen LogP contribution in [0.1, 0.15) is 18.4 Å². The second-order valence-electron chi connectivity index (χ2n) is 3.99. The van der Waals surface area contributed by atoms with Crippen molar-refractivity contribution in [2.45, 2.75) is 25.4 Å². The second-order valence-corrected chi connectivity index (χ2v) is 3.99. The van der Waals surface area contributed by atoms with Crippen molar-refractivity contribution in [2.24, 2.45) is 5.73 Å². The van der Waals surface area contributed by atoms with E-state index in [0.29, 0.717) is 12.0 Å². The molecule has 2 amide bonds. The highest BCUT2D eigenvalue weighted by atomic mass is 19.1. The van der Waals surface area contributed by atoms with Gasteiger partial charge in [-0.25, -0.2) is 4.98 Å². The molecule has 4 N–H and O–H groups in total. The molecule has 7 heteroatoms. The highest BCUT2D eigenvalue weighted by Gasteiger charge is 2.27. The minimum absolute atomic E-state index is 0.120. The second kappa shape index (κ2) is 5.09. The maximum Gasteiger partial charge on any atom is 0.249 e. The summed E-state index contributed by atoms with van der Waals surface area (Å²) >= 11 is 0. The fourth-order valence-corrected chi connectivity index (χ4v) is 1.80. The normalized spacial score (nSPS) is 19.6. The van der Waals surface area contributed by atoms with E-state index in [1.165, 1.54) is 6.20 Å². The molecule has 0 bridgehead atoms. The number of carbonyl (C=O) groups is 2. The first kappa shape index (κ1) is 12.4. The molecule has 96 valence electrons. The Bertz CT molecular complexity index is 492. The van der Waals surface area contributed by atoms with Gasteiger partial charge in [-0.3, -0.25) is 14.9 Å². The zero-order chi connectivity index (χ0) is 13.1. The van der Waals surface area contributed by atoms with E-state index < -0.39 is 17.9 Å². The summed E-state index contributed by atoms with van der Waals surface area (Å²) in [4.78, 5) is 26.1. The number of amides is 2. The molecule has 1 fully saturated rings. The van der Waals surface area contributed by atoms with E-state index >= 15 is 0 Å². The van der Waals surface area contributed by atoms with Crippen molar-refractivity contribution in [1.82, 2.24) is 10.3 Å². The number of hydrogen-bond acceptors (Lipinski definition) is 5. The van der Waals surface area contributed by atoms with Gasteiger partial charge in [0.1, 0.15) is 6.04 Å². The monoisotopic (exact) mass is 252 g/mol. The molecule has 1 saturated heterocycles. The molecule has 1 aliphatic rings. The van der Waals surface area contributed by atoms with Gasteiger partial charge in [0.25, 0.3) is 0 Å². The van der Waals surface area contributed by atoms with Crippen molar-refractivity contribution in [2.75, 3.05) is 5.32 Å². The molecule has 2 rings (SSSR count). The Balaban J connectivity index is 2.19. The summed E-state index contributed by atoms with van der Waals surface area (Å²) in [5.74, 6) is -1.48. The van der Waals surface area contributed by atoms with Crippen LogP contribution in [0.4, 0.5) is 10.1 Å². The van der Waals surface area contributed by atoms with E-state index in [1.54, 1.807) is 6.07 Å². The van der Waals surface area contributed by atoms with Gasteiger partial charge >= 0.3 is 0 Å². The van der Waals surface area contributed by atoms with Crippen molar-refractivity contribution < 1.29 is 14.0 Å². The van der Waals surface area contributed by atoms with Gasteiger partial charge in [0.2, 0.25) is 17.8 Å². The first-order valence-corrected chi connectivity index (χ1v) is 5.55. The van der Waals surface area contributed by atoms with E-state index in [2.05, 4.69) is 15.6 Å². The first-order chi connectivity index (χ1) is 8.61. The third-order valence-electron chi connectivity index (χ3n) is 2.77. The molecule has 2 heterocycles. The van der Waals surface area contributed by atoms with Crippen LogP contribution in [0.15, 0.2) is 12.3 Å². The number of hydrogen-bond donors (Lipinski definition) is 3. The van der Waals surface area contributed by atoms with Gasteiger partial charge in [-0.15, -0.1) is 0 Å². The van der Waals surface area contributed by atoms with Gasteiger partial charge in [0.05, 0.1) is 5.69 Å². The fraction of sp³-hybridized carbons (Fsp3) is 0.364. The Labute approximate surface area is 103 Å². The average Bonchev–Trinajstić information content (AvgIpc) is 2.34. The molecule has 6 nitrogen and oxygen atoms in total. The molecule has 1 atom stereocenters. The number of pyridine rings is 1. The summed E-state index contributed by atoms with van der Waals surface area (Å²) < 4.78 is 13.6. The number of nitrogens with one attached hydrogen (secondary N) is 2. The van der Waals surface area contributed by atoms with E-state index in [0.717, 1.165) is 0 Å². The van der Waals surface area contributed by atoms with Crippen LogP contribution >= 0.6 is 0 Å². The number of nitrogens with two attached hydrogens (primary N) is 1. The van der Waals surface area contributed by atoms with E-state index in [9.17, 15) is 14.0 Å². The van der Waals surface area contributed by atoms with Crippen LogP contribution in [0.5, 0.6) is 0 Å². The molecule has 1 aliphatic heterocycles. The van der Waals surface area contributed by atoms with Crippen LogP contribution in [0.25, 0.3) is 0 Å². The third kappa shape index (κ3) is 2.45. The number of halogens is 1. The summed E-state index contributed by atoms with van der Waals surface area (Å²) in [5.41, 5.74) is 6.15. The molecular formula is C11H13FN4O2. The Morgan fingerprint density at radius 3 is 3.00 bits per heavy atom. The molecule has 0 radical (unpaired) electrons. The molecule has 0 aromatic carbocycles. The number of rotatable bonds is 3. The van der Waals surface area contributed by atoms with Gasteiger partial charge in [0, 0.05) is 19.2 Å². The lowest BCUT2D eigenvalue weighted by atomic mass is 10.1. The van der Waals surface area contributed by atoms with E-state index in [1.807, 2.05) is 0 Å². The third-order valence-corrected chi connectivity index (χ3v) is 2.77. The minimum Gasteiger partial charge on any atom is -0.370 e.